The normalized spacial score (nSPS) is 23.5. The van der Waals surface area contributed by atoms with Gasteiger partial charge in [0.05, 0.1) is 11.9 Å². The summed E-state index contributed by atoms with van der Waals surface area (Å²) in [6.45, 7) is 1.94. The molecule has 0 radical (unpaired) electrons. The second kappa shape index (κ2) is 6.46. The van der Waals surface area contributed by atoms with E-state index in [2.05, 4.69) is 0 Å². The third-order valence-corrected chi connectivity index (χ3v) is 6.10. The largest absolute Gasteiger partial charge is 0.377 e. The summed E-state index contributed by atoms with van der Waals surface area (Å²) >= 11 is 0. The van der Waals surface area contributed by atoms with Crippen LogP contribution in [0.15, 0.2) is 30.3 Å². The van der Waals surface area contributed by atoms with Gasteiger partial charge in [-0.1, -0.05) is 30.3 Å². The average molecular weight is 309 g/mol. The molecule has 1 saturated carbocycles. The minimum atomic E-state index is -3.16. The van der Waals surface area contributed by atoms with Gasteiger partial charge >= 0.3 is 0 Å². The SMILES string of the molecule is O=S(=O)(CCc1ccccc1)N1CCC(OCC2CC2)C1. The summed E-state index contributed by atoms with van der Waals surface area (Å²) in [6, 6.07) is 9.78. The molecule has 0 aromatic heterocycles. The predicted molar refractivity (Wildman–Crippen MR) is 82.6 cm³/mol. The summed E-state index contributed by atoms with van der Waals surface area (Å²) in [6.07, 6.45) is 4.04. The second-order valence-corrected chi connectivity index (χ2v) is 8.19. The predicted octanol–water partition coefficient (Wildman–Crippen LogP) is 2.06. The first-order valence-electron chi connectivity index (χ1n) is 7.77. The van der Waals surface area contributed by atoms with Crippen LogP contribution in [0, 0.1) is 5.92 Å². The fourth-order valence-electron chi connectivity index (χ4n) is 2.66. The van der Waals surface area contributed by atoms with E-state index in [1.54, 1.807) is 4.31 Å². The maximum absolute atomic E-state index is 12.4. The molecule has 5 heteroatoms. The van der Waals surface area contributed by atoms with E-state index in [0.29, 0.717) is 19.5 Å². The van der Waals surface area contributed by atoms with Gasteiger partial charge in [-0.25, -0.2) is 8.42 Å². The molecular weight excluding hydrogens is 286 g/mol. The summed E-state index contributed by atoms with van der Waals surface area (Å²) in [7, 11) is -3.16. The van der Waals surface area contributed by atoms with Gasteiger partial charge in [0, 0.05) is 19.7 Å². The van der Waals surface area contributed by atoms with Crippen LogP contribution in [0.4, 0.5) is 0 Å². The minimum absolute atomic E-state index is 0.0945. The zero-order valence-corrected chi connectivity index (χ0v) is 13.1. The molecule has 3 rings (SSSR count). The van der Waals surface area contributed by atoms with Crippen molar-refractivity contribution < 1.29 is 13.2 Å². The number of ether oxygens (including phenoxy) is 1. The Hall–Kier alpha value is -0.910. The Morgan fingerprint density at radius 1 is 1.14 bits per heavy atom. The highest BCUT2D eigenvalue weighted by Crippen LogP contribution is 2.30. The Morgan fingerprint density at radius 3 is 2.62 bits per heavy atom. The monoisotopic (exact) mass is 309 g/mol. The smallest absolute Gasteiger partial charge is 0.214 e. The molecule has 1 unspecified atom stereocenters. The topological polar surface area (TPSA) is 46.6 Å². The number of rotatable bonds is 7. The standard InChI is InChI=1S/C16H23NO3S/c18-21(19,11-9-14-4-2-1-3-5-14)17-10-8-16(12-17)20-13-15-6-7-15/h1-5,15-16H,6-13H2. The lowest BCUT2D eigenvalue weighted by molar-refractivity contribution is 0.0561. The van der Waals surface area contributed by atoms with E-state index in [9.17, 15) is 8.42 Å². The first kappa shape index (κ1) is 15.0. The molecule has 0 N–H and O–H groups in total. The molecule has 1 atom stereocenters. The van der Waals surface area contributed by atoms with Gasteiger partial charge in [-0.3, -0.25) is 0 Å². The van der Waals surface area contributed by atoms with Crippen LogP contribution in [0.2, 0.25) is 0 Å². The van der Waals surface area contributed by atoms with E-state index in [1.165, 1.54) is 12.8 Å². The number of benzene rings is 1. The summed E-state index contributed by atoms with van der Waals surface area (Å²) in [5.41, 5.74) is 1.07. The van der Waals surface area contributed by atoms with Crippen molar-refractivity contribution in [1.29, 1.82) is 0 Å². The third-order valence-electron chi connectivity index (χ3n) is 4.26. The summed E-state index contributed by atoms with van der Waals surface area (Å²) < 4.78 is 32.2. The van der Waals surface area contributed by atoms with Gasteiger partial charge in [0.15, 0.2) is 0 Å². The molecule has 1 saturated heterocycles. The molecular formula is C16H23NO3S. The van der Waals surface area contributed by atoms with Crippen LogP contribution in [-0.4, -0.2) is 44.3 Å². The summed E-state index contributed by atoms with van der Waals surface area (Å²) in [5.74, 6) is 0.917. The quantitative estimate of drug-likeness (QED) is 0.774. The average Bonchev–Trinajstić information content (AvgIpc) is 3.20. The highest BCUT2D eigenvalue weighted by atomic mass is 32.2. The molecule has 1 aromatic carbocycles. The van der Waals surface area contributed by atoms with Crippen LogP contribution < -0.4 is 0 Å². The molecule has 1 aliphatic carbocycles. The Bertz CT molecular complexity index is 554. The van der Waals surface area contributed by atoms with Crippen molar-refractivity contribution in [2.75, 3.05) is 25.4 Å². The highest BCUT2D eigenvalue weighted by molar-refractivity contribution is 7.89. The van der Waals surface area contributed by atoms with Gasteiger partial charge < -0.3 is 4.74 Å². The van der Waals surface area contributed by atoms with Crippen LogP contribution in [0.3, 0.4) is 0 Å². The minimum Gasteiger partial charge on any atom is -0.377 e. The zero-order valence-electron chi connectivity index (χ0n) is 12.3. The number of hydrogen-bond donors (Lipinski definition) is 0. The number of aryl methyl sites for hydroxylation is 1. The van der Waals surface area contributed by atoms with E-state index in [0.717, 1.165) is 24.5 Å². The van der Waals surface area contributed by atoms with Crippen molar-refractivity contribution in [2.24, 2.45) is 5.92 Å². The van der Waals surface area contributed by atoms with Crippen molar-refractivity contribution in [3.63, 3.8) is 0 Å². The Labute approximate surface area is 127 Å². The van der Waals surface area contributed by atoms with Crippen LogP contribution in [0.25, 0.3) is 0 Å². The zero-order chi connectivity index (χ0) is 14.7. The Kier molecular flexibility index (Phi) is 4.62. The van der Waals surface area contributed by atoms with Crippen LogP contribution in [0.1, 0.15) is 24.8 Å². The summed E-state index contributed by atoms with van der Waals surface area (Å²) in [4.78, 5) is 0. The van der Waals surface area contributed by atoms with Crippen molar-refractivity contribution in [3.05, 3.63) is 35.9 Å². The van der Waals surface area contributed by atoms with Crippen molar-refractivity contribution in [1.82, 2.24) is 4.31 Å². The number of sulfonamides is 1. The van der Waals surface area contributed by atoms with Gasteiger partial charge in [0.25, 0.3) is 0 Å². The number of nitrogens with zero attached hydrogens (tertiary/aromatic N) is 1. The van der Waals surface area contributed by atoms with E-state index in [4.69, 9.17) is 4.74 Å². The van der Waals surface area contributed by atoms with Gasteiger partial charge in [-0.05, 0) is 37.2 Å². The molecule has 1 aromatic rings. The van der Waals surface area contributed by atoms with Gasteiger partial charge in [-0.2, -0.15) is 4.31 Å². The van der Waals surface area contributed by atoms with E-state index < -0.39 is 10.0 Å². The van der Waals surface area contributed by atoms with Crippen molar-refractivity contribution >= 4 is 10.0 Å². The highest BCUT2D eigenvalue weighted by Gasteiger charge is 2.32. The van der Waals surface area contributed by atoms with E-state index in [-0.39, 0.29) is 11.9 Å². The molecule has 4 nitrogen and oxygen atoms in total. The van der Waals surface area contributed by atoms with Crippen LogP contribution in [-0.2, 0) is 21.2 Å². The number of hydrogen-bond acceptors (Lipinski definition) is 3. The second-order valence-electron chi connectivity index (χ2n) is 6.10. The first-order chi connectivity index (χ1) is 10.1. The fraction of sp³-hybridized carbons (Fsp3) is 0.625. The Morgan fingerprint density at radius 2 is 1.90 bits per heavy atom. The summed E-state index contributed by atoms with van der Waals surface area (Å²) in [5, 5.41) is 0. The maximum atomic E-state index is 12.4. The lowest BCUT2D eigenvalue weighted by Crippen LogP contribution is -2.33. The molecule has 1 heterocycles. The molecule has 116 valence electrons. The fourth-order valence-corrected chi connectivity index (χ4v) is 4.19. The third kappa shape index (κ3) is 4.28. The van der Waals surface area contributed by atoms with Crippen molar-refractivity contribution in [2.45, 2.75) is 31.8 Å². The van der Waals surface area contributed by atoms with Crippen LogP contribution in [0.5, 0.6) is 0 Å². The molecule has 2 aliphatic rings. The molecule has 1 aliphatic heterocycles. The lowest BCUT2D eigenvalue weighted by atomic mass is 10.2. The van der Waals surface area contributed by atoms with Crippen molar-refractivity contribution in [3.8, 4) is 0 Å². The Balaban J connectivity index is 1.48. The van der Waals surface area contributed by atoms with E-state index in [1.807, 2.05) is 30.3 Å². The first-order valence-corrected chi connectivity index (χ1v) is 9.38. The van der Waals surface area contributed by atoms with Crippen LogP contribution >= 0.6 is 0 Å². The molecule has 0 amide bonds. The molecule has 2 fully saturated rings. The van der Waals surface area contributed by atoms with Gasteiger partial charge in [0.1, 0.15) is 0 Å². The van der Waals surface area contributed by atoms with E-state index >= 15 is 0 Å². The molecule has 0 spiro atoms. The molecule has 0 bridgehead atoms. The van der Waals surface area contributed by atoms with Gasteiger partial charge in [0.2, 0.25) is 10.0 Å². The molecule has 21 heavy (non-hydrogen) atoms. The lowest BCUT2D eigenvalue weighted by Gasteiger charge is -2.16. The maximum Gasteiger partial charge on any atom is 0.214 e. The van der Waals surface area contributed by atoms with Gasteiger partial charge in [-0.15, -0.1) is 0 Å².